The van der Waals surface area contributed by atoms with Crippen LogP contribution in [0.5, 0.6) is 0 Å². The Morgan fingerprint density at radius 3 is 1.63 bits per heavy atom. The Labute approximate surface area is 301 Å². The summed E-state index contributed by atoms with van der Waals surface area (Å²) in [5.41, 5.74) is 7.30. The third-order valence-electron chi connectivity index (χ3n) is 9.33. The normalized spacial score (nSPS) is 12.2. The highest BCUT2D eigenvalue weighted by Crippen LogP contribution is 2.33. The van der Waals surface area contributed by atoms with Gasteiger partial charge in [-0.05, 0) is 59.9 Å². The number of amides is 2. The molecule has 0 aliphatic heterocycles. The molecule has 10 heteroatoms. The van der Waals surface area contributed by atoms with Crippen LogP contribution in [0, 0.1) is 11.3 Å². The van der Waals surface area contributed by atoms with Crippen LogP contribution in [0.1, 0.15) is 47.9 Å². The van der Waals surface area contributed by atoms with Crippen molar-refractivity contribution >= 4 is 11.8 Å². The Morgan fingerprint density at radius 2 is 1.17 bits per heavy atom. The topological polar surface area (TPSA) is 136 Å². The van der Waals surface area contributed by atoms with Gasteiger partial charge < -0.3 is 10.6 Å². The highest BCUT2D eigenvalue weighted by molar-refractivity contribution is 5.94. The average Bonchev–Trinajstić information content (AvgIpc) is 3.42. The molecule has 0 spiro atoms. The summed E-state index contributed by atoms with van der Waals surface area (Å²) < 4.78 is 3.87. The number of hydrogen-bond donors (Lipinski definition) is 1. The van der Waals surface area contributed by atoms with Gasteiger partial charge in [-0.2, -0.15) is 14.6 Å². The number of nitrogens with two attached hydrogens (primary N) is 1. The molecule has 0 bridgehead atoms. The van der Waals surface area contributed by atoms with Gasteiger partial charge in [0.1, 0.15) is 5.54 Å². The number of rotatable bonds is 13. The lowest BCUT2D eigenvalue weighted by atomic mass is 9.85. The van der Waals surface area contributed by atoms with Gasteiger partial charge in [-0.25, -0.2) is 14.2 Å². The first-order valence-electron chi connectivity index (χ1n) is 16.9. The minimum Gasteiger partial charge on any atom is -0.368 e. The van der Waals surface area contributed by atoms with Gasteiger partial charge in [0.25, 0.3) is 0 Å². The first kappa shape index (κ1) is 35.1. The molecule has 52 heavy (non-hydrogen) atoms. The van der Waals surface area contributed by atoms with E-state index in [1.165, 1.54) is 18.8 Å². The van der Waals surface area contributed by atoms with Crippen LogP contribution < -0.4 is 17.1 Å². The molecule has 6 aromatic rings. The van der Waals surface area contributed by atoms with Crippen molar-refractivity contribution in [2.24, 2.45) is 5.73 Å². The standard InChI is InChI=1S/C42H38N6O4/c1-42(39(44)50,26-15-27-43)46(38(49)37(33-18-6-2-7-19-33)34-20-8-3-9-21-34)30-32-17-14-16-31(28-32)29-45-40(51)47(35-22-10-4-11-23-35)48(41(45)52)36-24-12-5-13-25-36/h2-14,16-25,28,37H,15,26,29-30H2,1H3,(H2,44,50)/t42-/m1/s1. The van der Waals surface area contributed by atoms with E-state index in [0.717, 1.165) is 11.1 Å². The SMILES string of the molecule is C[C@@](CCC#N)(C(N)=O)N(Cc1cccc(Cn2c(=O)n(-c3ccccc3)n(-c3ccccc3)c2=O)c1)C(=O)C(c1ccccc1)c1ccccc1. The molecule has 0 radical (unpaired) electrons. The fourth-order valence-corrected chi connectivity index (χ4v) is 6.51. The van der Waals surface area contributed by atoms with Crippen molar-refractivity contribution in [2.45, 2.75) is 44.3 Å². The van der Waals surface area contributed by atoms with E-state index in [-0.39, 0.29) is 31.8 Å². The fraction of sp³-hybridized carbons (Fsp3) is 0.167. The monoisotopic (exact) mass is 690 g/mol. The lowest BCUT2D eigenvalue weighted by Gasteiger charge is -2.41. The Morgan fingerprint density at radius 1 is 0.712 bits per heavy atom. The van der Waals surface area contributed by atoms with E-state index in [0.29, 0.717) is 22.5 Å². The van der Waals surface area contributed by atoms with Crippen LogP contribution in [-0.4, -0.2) is 36.2 Å². The summed E-state index contributed by atoms with van der Waals surface area (Å²) in [5, 5.41) is 9.51. The van der Waals surface area contributed by atoms with Gasteiger partial charge in [-0.3, -0.25) is 9.59 Å². The average molecular weight is 691 g/mol. The first-order chi connectivity index (χ1) is 25.2. The summed E-state index contributed by atoms with van der Waals surface area (Å²) in [5.74, 6) is -1.86. The maximum atomic E-state index is 14.9. The lowest BCUT2D eigenvalue weighted by molar-refractivity contribution is -0.147. The Balaban J connectivity index is 1.42. The molecule has 260 valence electrons. The molecule has 1 heterocycles. The van der Waals surface area contributed by atoms with Crippen LogP contribution in [0.2, 0.25) is 0 Å². The largest absolute Gasteiger partial charge is 0.368 e. The van der Waals surface area contributed by atoms with Gasteiger partial charge >= 0.3 is 11.4 Å². The summed E-state index contributed by atoms with van der Waals surface area (Å²) in [6, 6.07) is 45.8. The number of aromatic nitrogens is 3. The minimum absolute atomic E-state index is 0.000385. The van der Waals surface area contributed by atoms with E-state index in [2.05, 4.69) is 6.07 Å². The molecule has 0 aliphatic carbocycles. The van der Waals surface area contributed by atoms with Crippen LogP contribution >= 0.6 is 0 Å². The van der Waals surface area contributed by atoms with E-state index in [1.807, 2.05) is 84.9 Å². The quantitative estimate of drug-likeness (QED) is 0.170. The lowest BCUT2D eigenvalue weighted by Crippen LogP contribution is -2.58. The van der Waals surface area contributed by atoms with Crippen molar-refractivity contribution in [1.82, 2.24) is 18.8 Å². The molecule has 2 N–H and O–H groups in total. The van der Waals surface area contributed by atoms with Crippen molar-refractivity contribution in [3.63, 3.8) is 0 Å². The number of hydrogen-bond acceptors (Lipinski definition) is 5. The zero-order valence-electron chi connectivity index (χ0n) is 28.7. The van der Waals surface area contributed by atoms with Gasteiger partial charge in [0.2, 0.25) is 11.8 Å². The summed E-state index contributed by atoms with van der Waals surface area (Å²) >= 11 is 0. The van der Waals surface area contributed by atoms with Crippen molar-refractivity contribution < 1.29 is 9.59 Å². The zero-order chi connectivity index (χ0) is 36.7. The number of carbonyl (C=O) groups is 2. The molecule has 0 saturated carbocycles. The molecule has 0 saturated heterocycles. The predicted molar refractivity (Wildman–Crippen MR) is 199 cm³/mol. The van der Waals surface area contributed by atoms with E-state index in [1.54, 1.807) is 67.6 Å². The van der Waals surface area contributed by atoms with Gasteiger partial charge in [-0.1, -0.05) is 121 Å². The molecule has 0 fully saturated rings. The number of nitriles is 1. The van der Waals surface area contributed by atoms with E-state index < -0.39 is 28.7 Å². The second-order valence-corrected chi connectivity index (χ2v) is 12.7. The smallest absolute Gasteiger partial charge is 0.352 e. The number of primary amides is 1. The molecule has 6 rings (SSSR count). The van der Waals surface area contributed by atoms with Gasteiger partial charge in [-0.15, -0.1) is 0 Å². The third-order valence-corrected chi connectivity index (χ3v) is 9.33. The first-order valence-corrected chi connectivity index (χ1v) is 16.9. The molecular formula is C42H38N6O4. The molecule has 2 amide bonds. The van der Waals surface area contributed by atoms with Crippen LogP contribution in [0.3, 0.4) is 0 Å². The molecule has 5 aromatic carbocycles. The Kier molecular flexibility index (Phi) is 10.4. The second-order valence-electron chi connectivity index (χ2n) is 12.7. The number of carbonyl (C=O) groups excluding carboxylic acids is 2. The Bertz CT molecular complexity index is 2220. The minimum atomic E-state index is -1.52. The maximum absolute atomic E-state index is 14.9. The molecule has 1 atom stereocenters. The van der Waals surface area contributed by atoms with E-state index in [4.69, 9.17) is 5.73 Å². The van der Waals surface area contributed by atoms with Crippen LogP contribution in [0.4, 0.5) is 0 Å². The number of benzene rings is 5. The van der Waals surface area contributed by atoms with Gasteiger partial charge in [0.05, 0.1) is 29.9 Å². The van der Waals surface area contributed by atoms with Gasteiger partial charge in [0, 0.05) is 13.0 Å². The predicted octanol–water partition coefficient (Wildman–Crippen LogP) is 5.55. The van der Waals surface area contributed by atoms with E-state index >= 15 is 0 Å². The maximum Gasteiger partial charge on any atom is 0.352 e. The fourth-order valence-electron chi connectivity index (χ4n) is 6.51. The van der Waals surface area contributed by atoms with Crippen LogP contribution in [0.25, 0.3) is 11.4 Å². The third kappa shape index (κ3) is 7.11. The summed E-state index contributed by atoms with van der Waals surface area (Å²) in [6.07, 6.45) is 0.0294. The van der Waals surface area contributed by atoms with Gasteiger partial charge in [0.15, 0.2) is 0 Å². The van der Waals surface area contributed by atoms with Crippen molar-refractivity contribution in [3.8, 4) is 17.4 Å². The van der Waals surface area contributed by atoms with Crippen LogP contribution in [-0.2, 0) is 22.7 Å². The number of para-hydroxylation sites is 2. The summed E-state index contributed by atoms with van der Waals surface area (Å²) in [7, 11) is 0. The highest BCUT2D eigenvalue weighted by Gasteiger charge is 2.43. The summed E-state index contributed by atoms with van der Waals surface area (Å²) in [4.78, 5) is 57.5. The molecule has 0 aliphatic rings. The number of nitrogens with zero attached hydrogens (tertiary/aromatic N) is 5. The van der Waals surface area contributed by atoms with Crippen LogP contribution in [0.15, 0.2) is 155 Å². The molecule has 10 nitrogen and oxygen atoms in total. The van der Waals surface area contributed by atoms with E-state index in [9.17, 15) is 24.4 Å². The molecular weight excluding hydrogens is 652 g/mol. The van der Waals surface area contributed by atoms with Crippen molar-refractivity contribution in [3.05, 3.63) is 189 Å². The molecule has 1 aromatic heterocycles. The summed E-state index contributed by atoms with van der Waals surface area (Å²) in [6.45, 7) is 1.52. The highest BCUT2D eigenvalue weighted by atomic mass is 16.2. The van der Waals surface area contributed by atoms with Crippen molar-refractivity contribution in [1.29, 1.82) is 5.26 Å². The zero-order valence-corrected chi connectivity index (χ0v) is 28.7. The second kappa shape index (κ2) is 15.4. The molecule has 0 unspecified atom stereocenters. The van der Waals surface area contributed by atoms with Crippen molar-refractivity contribution in [2.75, 3.05) is 0 Å². The Hall–Kier alpha value is -6.73.